The van der Waals surface area contributed by atoms with Gasteiger partial charge >= 0.3 is 5.97 Å². The van der Waals surface area contributed by atoms with E-state index in [1.807, 2.05) is 20.8 Å². The largest absolute Gasteiger partial charge is 0.478 e. The summed E-state index contributed by atoms with van der Waals surface area (Å²) in [5.41, 5.74) is -0.366. The Bertz CT molecular complexity index is 649. The van der Waals surface area contributed by atoms with Crippen molar-refractivity contribution in [1.29, 1.82) is 0 Å². The number of rotatable bonds is 3. The minimum absolute atomic E-state index is 0.0888. The molecule has 1 N–H and O–H groups in total. The second-order valence-corrected chi connectivity index (χ2v) is 5.90. The molecular weight excluding hydrogens is 283 g/mol. The fourth-order valence-corrected chi connectivity index (χ4v) is 2.14. The van der Waals surface area contributed by atoms with Gasteiger partial charge in [-0.2, -0.15) is 9.36 Å². The van der Waals surface area contributed by atoms with E-state index in [0.29, 0.717) is 5.82 Å². The van der Waals surface area contributed by atoms with Crippen LogP contribution in [0.15, 0.2) is 18.2 Å². The Balaban J connectivity index is 2.32. The van der Waals surface area contributed by atoms with Gasteiger partial charge in [0.2, 0.25) is 0 Å². The molecule has 0 unspecified atom stereocenters. The summed E-state index contributed by atoms with van der Waals surface area (Å²) in [4.78, 5) is 15.2. The van der Waals surface area contributed by atoms with Crippen molar-refractivity contribution in [3.8, 4) is 10.9 Å². The molecule has 1 heterocycles. The summed E-state index contributed by atoms with van der Waals surface area (Å²) < 4.78 is 22.7. The molecule has 0 spiro atoms. The van der Waals surface area contributed by atoms with Crippen molar-refractivity contribution >= 4 is 17.5 Å². The quantitative estimate of drug-likeness (QED) is 0.939. The zero-order chi connectivity index (χ0) is 14.9. The predicted octanol–water partition coefficient (Wildman–Crippen LogP) is 3.47. The van der Waals surface area contributed by atoms with Gasteiger partial charge in [0.1, 0.15) is 17.1 Å². The molecule has 20 heavy (non-hydrogen) atoms. The normalized spacial score (nSPS) is 11.4. The summed E-state index contributed by atoms with van der Waals surface area (Å²) in [6, 6.07) is 3.23. The first kappa shape index (κ1) is 14.4. The fourth-order valence-electron chi connectivity index (χ4n) is 1.41. The van der Waals surface area contributed by atoms with Gasteiger partial charge < -0.3 is 9.84 Å². The van der Waals surface area contributed by atoms with Crippen LogP contribution in [0, 0.1) is 5.82 Å². The van der Waals surface area contributed by atoms with Gasteiger partial charge in [-0.15, -0.1) is 0 Å². The lowest BCUT2D eigenvalue weighted by atomic mass is 9.96. The van der Waals surface area contributed by atoms with Gasteiger partial charge in [-0.25, -0.2) is 9.18 Å². The van der Waals surface area contributed by atoms with Crippen LogP contribution >= 0.6 is 11.5 Å². The number of carboxylic acids is 1. The summed E-state index contributed by atoms with van der Waals surface area (Å²) in [5, 5.41) is 9.22. The van der Waals surface area contributed by atoms with Crippen LogP contribution in [-0.2, 0) is 5.41 Å². The second-order valence-electron chi connectivity index (χ2n) is 5.18. The molecule has 0 aliphatic heterocycles. The van der Waals surface area contributed by atoms with Crippen LogP contribution in [-0.4, -0.2) is 20.4 Å². The molecule has 0 radical (unpaired) electrons. The van der Waals surface area contributed by atoms with E-state index in [1.165, 1.54) is 0 Å². The first-order valence-corrected chi connectivity index (χ1v) is 6.59. The summed E-state index contributed by atoms with van der Waals surface area (Å²) in [7, 11) is 0. The van der Waals surface area contributed by atoms with E-state index in [0.717, 1.165) is 29.7 Å². The summed E-state index contributed by atoms with van der Waals surface area (Å²) in [6.07, 6.45) is 0. The van der Waals surface area contributed by atoms with Crippen LogP contribution in [0.2, 0.25) is 0 Å². The summed E-state index contributed by atoms with van der Waals surface area (Å²) in [6.45, 7) is 5.84. The molecule has 0 amide bonds. The molecule has 5 nitrogen and oxygen atoms in total. The molecule has 7 heteroatoms. The number of aromatic nitrogens is 2. The molecule has 106 valence electrons. The Labute approximate surface area is 119 Å². The number of hydrogen-bond acceptors (Lipinski definition) is 5. The van der Waals surface area contributed by atoms with Crippen molar-refractivity contribution in [3.63, 3.8) is 0 Å². The number of nitrogens with zero attached hydrogens (tertiary/aromatic N) is 2. The van der Waals surface area contributed by atoms with Gasteiger partial charge in [-0.05, 0) is 12.1 Å². The van der Waals surface area contributed by atoms with Crippen molar-refractivity contribution in [1.82, 2.24) is 9.36 Å². The van der Waals surface area contributed by atoms with Gasteiger partial charge in [0.05, 0.1) is 0 Å². The van der Waals surface area contributed by atoms with Gasteiger partial charge in [0.15, 0.2) is 5.82 Å². The smallest absolute Gasteiger partial charge is 0.339 e. The Hall–Kier alpha value is -2.02. The average molecular weight is 296 g/mol. The third-order valence-electron chi connectivity index (χ3n) is 2.45. The first-order valence-electron chi connectivity index (χ1n) is 5.82. The van der Waals surface area contributed by atoms with E-state index in [4.69, 9.17) is 9.84 Å². The van der Waals surface area contributed by atoms with E-state index in [9.17, 15) is 9.18 Å². The van der Waals surface area contributed by atoms with Crippen LogP contribution in [0.5, 0.6) is 10.9 Å². The highest BCUT2D eigenvalue weighted by Gasteiger charge is 2.21. The van der Waals surface area contributed by atoms with E-state index in [-0.39, 0.29) is 21.9 Å². The van der Waals surface area contributed by atoms with Crippen molar-refractivity contribution < 1.29 is 19.0 Å². The molecule has 1 aromatic carbocycles. The van der Waals surface area contributed by atoms with Crippen molar-refractivity contribution in [2.75, 3.05) is 0 Å². The maximum absolute atomic E-state index is 13.2. The molecule has 0 bridgehead atoms. The number of hydrogen-bond donors (Lipinski definition) is 1. The minimum atomic E-state index is -1.19. The predicted molar refractivity (Wildman–Crippen MR) is 72.0 cm³/mol. The van der Waals surface area contributed by atoms with E-state index < -0.39 is 11.8 Å². The zero-order valence-corrected chi connectivity index (χ0v) is 12.0. The van der Waals surface area contributed by atoms with E-state index in [2.05, 4.69) is 9.36 Å². The highest BCUT2D eigenvalue weighted by atomic mass is 32.1. The number of aromatic carboxylic acids is 1. The zero-order valence-electron chi connectivity index (χ0n) is 11.2. The van der Waals surface area contributed by atoms with Crippen molar-refractivity contribution in [3.05, 3.63) is 35.4 Å². The van der Waals surface area contributed by atoms with Crippen molar-refractivity contribution in [2.45, 2.75) is 26.2 Å². The highest BCUT2D eigenvalue weighted by molar-refractivity contribution is 7.07. The van der Waals surface area contributed by atoms with Gasteiger partial charge in [-0.3, -0.25) is 0 Å². The molecular formula is C13H13FN2O3S. The number of carboxylic acid groups (broad SMARTS) is 1. The lowest BCUT2D eigenvalue weighted by Gasteiger charge is -2.12. The van der Waals surface area contributed by atoms with E-state index >= 15 is 0 Å². The van der Waals surface area contributed by atoms with Crippen molar-refractivity contribution in [2.24, 2.45) is 0 Å². The Morgan fingerprint density at radius 1 is 1.40 bits per heavy atom. The Kier molecular flexibility index (Phi) is 3.71. The maximum Gasteiger partial charge on any atom is 0.339 e. The molecule has 0 fully saturated rings. The minimum Gasteiger partial charge on any atom is -0.478 e. The molecule has 0 saturated carbocycles. The number of ether oxygens (including phenoxy) is 1. The number of benzene rings is 1. The lowest BCUT2D eigenvalue weighted by molar-refractivity contribution is 0.0694. The molecule has 0 aliphatic carbocycles. The molecule has 1 aromatic heterocycles. The van der Waals surface area contributed by atoms with Gasteiger partial charge in [-0.1, -0.05) is 20.8 Å². The molecule has 2 aromatic rings. The third-order valence-corrected chi connectivity index (χ3v) is 3.04. The fraction of sp³-hybridized carbons (Fsp3) is 0.308. The first-order chi connectivity index (χ1) is 9.27. The summed E-state index contributed by atoms with van der Waals surface area (Å²) >= 11 is 0.999. The Morgan fingerprint density at radius 2 is 2.10 bits per heavy atom. The van der Waals surface area contributed by atoms with Crippen LogP contribution in [0.3, 0.4) is 0 Å². The van der Waals surface area contributed by atoms with Gasteiger partial charge in [0.25, 0.3) is 5.19 Å². The maximum atomic E-state index is 13.2. The number of carbonyl (C=O) groups is 1. The lowest BCUT2D eigenvalue weighted by Crippen LogP contribution is -2.13. The van der Waals surface area contributed by atoms with Crippen LogP contribution < -0.4 is 4.74 Å². The molecule has 0 saturated heterocycles. The highest BCUT2D eigenvalue weighted by Crippen LogP contribution is 2.30. The molecule has 2 rings (SSSR count). The third kappa shape index (κ3) is 3.11. The van der Waals surface area contributed by atoms with E-state index in [1.54, 1.807) is 0 Å². The molecule has 0 aliphatic rings. The average Bonchev–Trinajstić information content (AvgIpc) is 2.76. The second kappa shape index (κ2) is 5.16. The Morgan fingerprint density at radius 3 is 2.65 bits per heavy atom. The van der Waals surface area contributed by atoms with Gasteiger partial charge in [0, 0.05) is 23.0 Å². The standard InChI is InChI=1S/C13H13FN2O3S/c1-13(2,3)11-15-12(20-16-11)19-9-6-7(14)4-5-8(9)10(17)18/h4-6H,1-3H3,(H,17,18). The summed E-state index contributed by atoms with van der Waals surface area (Å²) in [5.74, 6) is -1.27. The van der Waals surface area contributed by atoms with Crippen LogP contribution in [0.1, 0.15) is 37.0 Å². The van der Waals surface area contributed by atoms with Crippen LogP contribution in [0.4, 0.5) is 4.39 Å². The number of halogens is 1. The topological polar surface area (TPSA) is 72.3 Å². The SMILES string of the molecule is CC(C)(C)c1nsc(Oc2cc(F)ccc2C(=O)O)n1. The monoisotopic (exact) mass is 296 g/mol. The van der Waals surface area contributed by atoms with Crippen LogP contribution in [0.25, 0.3) is 0 Å². The molecule has 0 atom stereocenters.